The van der Waals surface area contributed by atoms with E-state index in [4.69, 9.17) is 4.74 Å². The molecule has 3 aromatic rings. The Hall–Kier alpha value is -3.86. The van der Waals surface area contributed by atoms with Gasteiger partial charge in [-0.1, -0.05) is 0 Å². The molecule has 0 radical (unpaired) electrons. The van der Waals surface area contributed by atoms with E-state index >= 15 is 4.39 Å². The zero-order valence-electron chi connectivity index (χ0n) is 18.6. The topological polar surface area (TPSA) is 97.9 Å². The number of aromatic nitrogens is 1. The van der Waals surface area contributed by atoms with Crippen LogP contribution in [0, 0.1) is 21.7 Å². The summed E-state index contributed by atoms with van der Waals surface area (Å²) in [6.07, 6.45) is 1.12. The predicted molar refractivity (Wildman–Crippen MR) is 122 cm³/mol. The van der Waals surface area contributed by atoms with Gasteiger partial charge in [0.2, 0.25) is 5.43 Å². The first kappa shape index (κ1) is 23.3. The van der Waals surface area contributed by atoms with Gasteiger partial charge in [-0.15, -0.1) is 0 Å². The van der Waals surface area contributed by atoms with Crippen LogP contribution >= 0.6 is 0 Å². The molecule has 2 heterocycles. The molecule has 1 aliphatic heterocycles. The number of hydrogen-bond donors (Lipinski definition) is 0. The molecule has 0 N–H and O–H groups in total. The molecule has 0 aliphatic carbocycles. The van der Waals surface area contributed by atoms with E-state index < -0.39 is 39.2 Å². The van der Waals surface area contributed by atoms with E-state index in [2.05, 4.69) is 4.90 Å². The minimum absolute atomic E-state index is 0.00108. The van der Waals surface area contributed by atoms with Gasteiger partial charge in [-0.05, 0) is 32.2 Å². The Kier molecular flexibility index (Phi) is 6.29. The number of carbonyl (C=O) groups excluding carboxylic acids is 1. The molecule has 178 valence electrons. The van der Waals surface area contributed by atoms with Crippen LogP contribution in [0.5, 0.6) is 0 Å². The van der Waals surface area contributed by atoms with E-state index in [0.29, 0.717) is 26.2 Å². The minimum Gasteiger partial charge on any atom is -0.462 e. The fraction of sp³-hybridized carbons (Fsp3) is 0.304. The van der Waals surface area contributed by atoms with Gasteiger partial charge < -0.3 is 19.1 Å². The Bertz CT molecular complexity index is 1350. The molecule has 0 unspecified atom stereocenters. The minimum atomic E-state index is -0.945. The van der Waals surface area contributed by atoms with Gasteiger partial charge in [-0.25, -0.2) is 13.6 Å². The van der Waals surface area contributed by atoms with E-state index in [1.807, 2.05) is 11.9 Å². The summed E-state index contributed by atoms with van der Waals surface area (Å²) in [5, 5.41) is 10.9. The van der Waals surface area contributed by atoms with E-state index in [-0.39, 0.29) is 28.9 Å². The Balaban J connectivity index is 1.98. The maximum absolute atomic E-state index is 15.1. The van der Waals surface area contributed by atoms with Crippen LogP contribution in [0.1, 0.15) is 17.3 Å². The second-order valence-corrected chi connectivity index (χ2v) is 7.97. The number of likely N-dealkylation sites (N-methyl/N-ethyl adjacent to an activating group) is 1. The number of carbonyl (C=O) groups is 1. The number of benzene rings is 2. The van der Waals surface area contributed by atoms with Gasteiger partial charge >= 0.3 is 5.97 Å². The van der Waals surface area contributed by atoms with Crippen LogP contribution in [0.15, 0.2) is 41.3 Å². The van der Waals surface area contributed by atoms with Crippen molar-refractivity contribution in [3.63, 3.8) is 0 Å². The van der Waals surface area contributed by atoms with Crippen LogP contribution in [-0.4, -0.2) is 60.2 Å². The van der Waals surface area contributed by atoms with Crippen molar-refractivity contribution in [3.05, 3.63) is 74.1 Å². The number of piperazine rings is 1. The Morgan fingerprint density at radius 2 is 1.76 bits per heavy atom. The van der Waals surface area contributed by atoms with Crippen molar-refractivity contribution in [1.29, 1.82) is 0 Å². The maximum atomic E-state index is 15.1. The highest BCUT2D eigenvalue weighted by Crippen LogP contribution is 2.29. The van der Waals surface area contributed by atoms with Crippen molar-refractivity contribution in [2.45, 2.75) is 6.92 Å². The number of pyridine rings is 1. The average Bonchev–Trinajstić information content (AvgIpc) is 2.80. The summed E-state index contributed by atoms with van der Waals surface area (Å²) in [4.78, 5) is 39.7. The number of anilines is 1. The number of nitrogens with zero attached hydrogens (tertiary/aromatic N) is 4. The molecule has 11 heteroatoms. The lowest BCUT2D eigenvalue weighted by Crippen LogP contribution is -2.44. The van der Waals surface area contributed by atoms with Crippen LogP contribution in [0.2, 0.25) is 0 Å². The lowest BCUT2D eigenvalue weighted by Gasteiger charge is -2.34. The summed E-state index contributed by atoms with van der Waals surface area (Å²) >= 11 is 0. The van der Waals surface area contributed by atoms with Crippen LogP contribution < -0.4 is 10.3 Å². The van der Waals surface area contributed by atoms with Crippen LogP contribution in [0.3, 0.4) is 0 Å². The molecule has 2 aromatic carbocycles. The van der Waals surface area contributed by atoms with Crippen molar-refractivity contribution in [2.75, 3.05) is 44.7 Å². The number of fused-ring (bicyclic) bond motifs is 1. The van der Waals surface area contributed by atoms with Crippen LogP contribution in [0.25, 0.3) is 16.6 Å². The zero-order chi connectivity index (χ0) is 24.6. The van der Waals surface area contributed by atoms with Gasteiger partial charge in [-0.3, -0.25) is 14.9 Å². The number of esters is 1. The highest BCUT2D eigenvalue weighted by Gasteiger charge is 2.24. The summed E-state index contributed by atoms with van der Waals surface area (Å²) in [5.41, 5.74) is -1.37. The van der Waals surface area contributed by atoms with Crippen molar-refractivity contribution >= 4 is 28.2 Å². The summed E-state index contributed by atoms with van der Waals surface area (Å²) in [6.45, 7) is 4.09. The largest absolute Gasteiger partial charge is 0.462 e. The molecule has 0 atom stereocenters. The van der Waals surface area contributed by atoms with E-state index in [9.17, 15) is 24.1 Å². The highest BCUT2D eigenvalue weighted by molar-refractivity contribution is 5.95. The quantitative estimate of drug-likeness (QED) is 0.320. The van der Waals surface area contributed by atoms with Crippen molar-refractivity contribution in [2.24, 2.45) is 0 Å². The Morgan fingerprint density at radius 1 is 1.09 bits per heavy atom. The number of nitro groups is 1. The molecule has 9 nitrogen and oxygen atoms in total. The fourth-order valence-corrected chi connectivity index (χ4v) is 3.98. The smallest absolute Gasteiger partial charge is 0.343 e. The van der Waals surface area contributed by atoms with Crippen molar-refractivity contribution in [3.8, 4) is 5.69 Å². The summed E-state index contributed by atoms with van der Waals surface area (Å²) in [7, 11) is 1.96. The van der Waals surface area contributed by atoms with Gasteiger partial charge in [0.15, 0.2) is 5.82 Å². The lowest BCUT2D eigenvalue weighted by atomic mass is 10.1. The molecule has 1 aliphatic rings. The molecule has 1 aromatic heterocycles. The molecule has 4 rings (SSSR count). The van der Waals surface area contributed by atoms with Gasteiger partial charge in [0.25, 0.3) is 5.69 Å². The Labute approximate surface area is 192 Å². The third-order valence-corrected chi connectivity index (χ3v) is 5.81. The standard InChI is InChI=1S/C23H22F2N4O5/c1-3-34-23(31)16-13-28(19-5-4-14(29(32)33)10-17(19)24)20-12-21(18(25)11-15(20)22(16)30)27-8-6-26(2)7-9-27/h4-5,10-13H,3,6-9H2,1-2H3. The second-order valence-electron chi connectivity index (χ2n) is 7.97. The molecule has 0 bridgehead atoms. The number of halogens is 2. The molecule has 0 amide bonds. The molecule has 0 saturated carbocycles. The predicted octanol–water partition coefficient (Wildman–Crippen LogP) is 3.11. The fourth-order valence-electron chi connectivity index (χ4n) is 3.98. The van der Waals surface area contributed by atoms with E-state index in [0.717, 1.165) is 24.4 Å². The summed E-state index contributed by atoms with van der Waals surface area (Å²) in [5.74, 6) is -2.53. The third kappa shape index (κ3) is 4.21. The second kappa shape index (κ2) is 9.18. The summed E-state index contributed by atoms with van der Waals surface area (Å²) < 4.78 is 36.3. The molecule has 1 fully saturated rings. The van der Waals surface area contributed by atoms with Crippen molar-refractivity contribution in [1.82, 2.24) is 9.47 Å². The van der Waals surface area contributed by atoms with Gasteiger partial charge in [0.05, 0.1) is 34.5 Å². The van der Waals surface area contributed by atoms with Gasteiger partial charge in [0.1, 0.15) is 11.4 Å². The normalized spacial score (nSPS) is 14.4. The first-order valence-electron chi connectivity index (χ1n) is 10.6. The highest BCUT2D eigenvalue weighted by atomic mass is 19.1. The van der Waals surface area contributed by atoms with Crippen LogP contribution in [0.4, 0.5) is 20.2 Å². The van der Waals surface area contributed by atoms with Crippen LogP contribution in [-0.2, 0) is 4.74 Å². The van der Waals surface area contributed by atoms with E-state index in [1.54, 1.807) is 6.92 Å². The molecular formula is C23H22F2N4O5. The third-order valence-electron chi connectivity index (χ3n) is 5.81. The average molecular weight is 472 g/mol. The van der Waals surface area contributed by atoms with Gasteiger partial charge in [0, 0.05) is 43.8 Å². The molecule has 1 saturated heterocycles. The lowest BCUT2D eigenvalue weighted by molar-refractivity contribution is -0.385. The monoisotopic (exact) mass is 472 g/mol. The SMILES string of the molecule is CCOC(=O)c1cn(-c2ccc([N+](=O)[O-])cc2F)c2cc(N3CCN(C)CC3)c(F)cc2c1=O. The first-order chi connectivity index (χ1) is 16.2. The zero-order valence-corrected chi connectivity index (χ0v) is 18.6. The van der Waals surface area contributed by atoms with Crippen molar-refractivity contribution < 1.29 is 23.2 Å². The maximum Gasteiger partial charge on any atom is 0.343 e. The summed E-state index contributed by atoms with van der Waals surface area (Å²) in [6, 6.07) is 5.50. The first-order valence-corrected chi connectivity index (χ1v) is 10.6. The molecular weight excluding hydrogens is 450 g/mol. The van der Waals surface area contributed by atoms with E-state index in [1.165, 1.54) is 16.7 Å². The number of non-ortho nitro benzene ring substituents is 1. The number of hydrogen-bond acceptors (Lipinski definition) is 7. The molecule has 0 spiro atoms. The Morgan fingerprint density at radius 3 is 2.38 bits per heavy atom. The van der Waals surface area contributed by atoms with Gasteiger partial charge in [-0.2, -0.15) is 0 Å². The number of ether oxygens (including phenoxy) is 1. The number of nitro benzene ring substituents is 1. The number of rotatable bonds is 5. The molecule has 34 heavy (non-hydrogen) atoms.